The van der Waals surface area contributed by atoms with E-state index >= 15 is 0 Å². The van der Waals surface area contributed by atoms with Crippen LogP contribution in [0.2, 0.25) is 0 Å². The van der Waals surface area contributed by atoms with Crippen LogP contribution in [0.4, 0.5) is 5.82 Å². The fraction of sp³-hybridized carbons (Fsp3) is 0.455. The molecule has 4 heteroatoms. The van der Waals surface area contributed by atoms with Gasteiger partial charge in [-0.05, 0) is 56.0 Å². The normalized spacial score (nSPS) is 17.2. The zero-order chi connectivity index (χ0) is 18.5. The Morgan fingerprint density at radius 3 is 2.38 bits per heavy atom. The van der Waals surface area contributed by atoms with Crippen LogP contribution in [-0.2, 0) is 4.79 Å². The molecule has 1 fully saturated rings. The van der Waals surface area contributed by atoms with Gasteiger partial charge in [0.25, 0.3) is 0 Å². The van der Waals surface area contributed by atoms with E-state index in [1.807, 2.05) is 19.1 Å². The number of hydrogen-bond donors (Lipinski definition) is 1. The quantitative estimate of drug-likeness (QED) is 0.866. The Balaban J connectivity index is 1.59. The first-order chi connectivity index (χ1) is 12.5. The Morgan fingerprint density at radius 1 is 1.12 bits per heavy atom. The van der Waals surface area contributed by atoms with E-state index in [-0.39, 0.29) is 11.8 Å². The minimum Gasteiger partial charge on any atom is -0.310 e. The third-order valence-corrected chi connectivity index (χ3v) is 5.23. The molecule has 3 rings (SSSR count). The molecule has 0 saturated carbocycles. The third-order valence-electron chi connectivity index (χ3n) is 5.23. The highest BCUT2D eigenvalue weighted by molar-refractivity contribution is 5.91. The molecule has 0 radical (unpaired) electrons. The van der Waals surface area contributed by atoms with Gasteiger partial charge < -0.3 is 5.32 Å². The predicted octanol–water partition coefficient (Wildman–Crippen LogP) is 4.44. The first kappa shape index (κ1) is 18.6. The molecule has 1 aromatic heterocycles. The highest BCUT2D eigenvalue weighted by atomic mass is 16.1. The molecule has 1 saturated heterocycles. The number of likely N-dealkylation sites (tertiary alicyclic amines) is 1. The van der Waals surface area contributed by atoms with Gasteiger partial charge in [0, 0.05) is 18.2 Å². The second-order valence-corrected chi connectivity index (χ2v) is 7.62. The minimum atomic E-state index is 0.0675. The lowest BCUT2D eigenvalue weighted by Crippen LogP contribution is -2.41. The number of aryl methyl sites for hydroxylation is 1. The Kier molecular flexibility index (Phi) is 6.04. The maximum absolute atomic E-state index is 12.6. The van der Waals surface area contributed by atoms with E-state index < -0.39 is 0 Å². The lowest BCUT2D eigenvalue weighted by Gasteiger charge is -2.39. The van der Waals surface area contributed by atoms with Gasteiger partial charge in [-0.15, -0.1) is 0 Å². The van der Waals surface area contributed by atoms with Crippen molar-refractivity contribution in [1.82, 2.24) is 9.88 Å². The fourth-order valence-corrected chi connectivity index (χ4v) is 3.88. The van der Waals surface area contributed by atoms with E-state index in [4.69, 9.17) is 0 Å². The molecular formula is C22H29N3O. The number of anilines is 1. The van der Waals surface area contributed by atoms with Gasteiger partial charge in [-0.1, -0.05) is 50.2 Å². The molecule has 1 aromatic carbocycles. The number of nitrogens with one attached hydrogen (secondary N) is 1. The van der Waals surface area contributed by atoms with Gasteiger partial charge in [0.2, 0.25) is 5.91 Å². The number of pyridine rings is 1. The zero-order valence-corrected chi connectivity index (χ0v) is 16.0. The molecule has 26 heavy (non-hydrogen) atoms. The Labute approximate surface area is 156 Å². The van der Waals surface area contributed by atoms with Crippen molar-refractivity contribution in [2.24, 2.45) is 11.8 Å². The number of benzene rings is 1. The number of carbonyl (C=O) groups is 1. The molecule has 0 unspecified atom stereocenters. The van der Waals surface area contributed by atoms with Crippen LogP contribution >= 0.6 is 0 Å². The number of piperidine rings is 1. The molecule has 1 amide bonds. The average Bonchev–Trinajstić information content (AvgIpc) is 2.65. The average molecular weight is 351 g/mol. The van der Waals surface area contributed by atoms with Gasteiger partial charge in [0.05, 0.1) is 0 Å². The predicted molar refractivity (Wildman–Crippen MR) is 106 cm³/mol. The summed E-state index contributed by atoms with van der Waals surface area (Å²) < 4.78 is 0. The first-order valence-corrected chi connectivity index (χ1v) is 9.57. The lowest BCUT2D eigenvalue weighted by atomic mass is 9.89. The molecule has 4 nitrogen and oxygen atoms in total. The van der Waals surface area contributed by atoms with Crippen LogP contribution in [0.3, 0.4) is 0 Å². The van der Waals surface area contributed by atoms with Crippen LogP contribution in [0.1, 0.15) is 43.9 Å². The summed E-state index contributed by atoms with van der Waals surface area (Å²) >= 11 is 0. The smallest absolute Gasteiger partial charge is 0.228 e. The van der Waals surface area contributed by atoms with Gasteiger partial charge in [0.1, 0.15) is 5.82 Å². The summed E-state index contributed by atoms with van der Waals surface area (Å²) in [4.78, 5) is 19.4. The van der Waals surface area contributed by atoms with Gasteiger partial charge in [-0.2, -0.15) is 0 Å². The maximum atomic E-state index is 12.6. The maximum Gasteiger partial charge on any atom is 0.228 e. The number of rotatable bonds is 5. The zero-order valence-electron chi connectivity index (χ0n) is 16.0. The molecular weight excluding hydrogens is 322 g/mol. The molecule has 138 valence electrons. The number of nitrogens with zero attached hydrogens (tertiary/aromatic N) is 2. The minimum absolute atomic E-state index is 0.0675. The Bertz CT molecular complexity index is 704. The van der Waals surface area contributed by atoms with Crippen LogP contribution in [-0.4, -0.2) is 28.9 Å². The number of aromatic nitrogens is 1. The lowest BCUT2D eigenvalue weighted by molar-refractivity contribution is -0.121. The van der Waals surface area contributed by atoms with Gasteiger partial charge >= 0.3 is 0 Å². The van der Waals surface area contributed by atoms with Crippen molar-refractivity contribution < 1.29 is 4.79 Å². The van der Waals surface area contributed by atoms with Crippen molar-refractivity contribution in [1.29, 1.82) is 0 Å². The summed E-state index contributed by atoms with van der Waals surface area (Å²) in [5, 5.41) is 2.97. The summed E-state index contributed by atoms with van der Waals surface area (Å²) in [7, 11) is 0. The van der Waals surface area contributed by atoms with E-state index in [0.29, 0.717) is 17.8 Å². The highest BCUT2D eigenvalue weighted by Gasteiger charge is 2.30. The molecule has 1 aliphatic rings. The molecule has 0 bridgehead atoms. The topological polar surface area (TPSA) is 45.2 Å². The summed E-state index contributed by atoms with van der Waals surface area (Å²) in [5.41, 5.74) is 2.46. The SMILES string of the molecule is Cc1ccc(NC(=O)C2CCN([C@H](c3ccccc3)C(C)C)CC2)nc1. The van der Waals surface area contributed by atoms with Crippen LogP contribution in [0, 0.1) is 18.8 Å². The summed E-state index contributed by atoms with van der Waals surface area (Å²) in [5.74, 6) is 1.35. The Hall–Kier alpha value is -2.20. The molecule has 0 spiro atoms. The molecule has 2 aromatic rings. The van der Waals surface area contributed by atoms with Crippen molar-refractivity contribution in [3.05, 3.63) is 59.8 Å². The summed E-state index contributed by atoms with van der Waals surface area (Å²) in [6.45, 7) is 8.46. The van der Waals surface area contributed by atoms with Gasteiger partial charge in [-0.3, -0.25) is 9.69 Å². The van der Waals surface area contributed by atoms with E-state index in [9.17, 15) is 4.79 Å². The van der Waals surface area contributed by atoms with Crippen molar-refractivity contribution in [3.8, 4) is 0 Å². The second kappa shape index (κ2) is 8.45. The van der Waals surface area contributed by atoms with E-state index in [0.717, 1.165) is 31.5 Å². The van der Waals surface area contributed by atoms with E-state index in [2.05, 4.69) is 59.4 Å². The van der Waals surface area contributed by atoms with Gasteiger partial charge in [0.15, 0.2) is 0 Å². The molecule has 1 N–H and O–H groups in total. The van der Waals surface area contributed by atoms with Crippen LogP contribution < -0.4 is 5.32 Å². The van der Waals surface area contributed by atoms with Crippen molar-refractivity contribution in [3.63, 3.8) is 0 Å². The number of hydrogen-bond acceptors (Lipinski definition) is 3. The summed E-state index contributed by atoms with van der Waals surface area (Å²) in [6.07, 6.45) is 3.58. The monoisotopic (exact) mass is 351 g/mol. The fourth-order valence-electron chi connectivity index (χ4n) is 3.88. The second-order valence-electron chi connectivity index (χ2n) is 7.62. The third kappa shape index (κ3) is 4.50. The molecule has 1 atom stereocenters. The molecule has 2 heterocycles. The Morgan fingerprint density at radius 2 is 1.81 bits per heavy atom. The van der Waals surface area contributed by atoms with Crippen LogP contribution in [0.5, 0.6) is 0 Å². The van der Waals surface area contributed by atoms with Crippen LogP contribution in [0.25, 0.3) is 0 Å². The van der Waals surface area contributed by atoms with Crippen molar-refractivity contribution in [2.75, 3.05) is 18.4 Å². The van der Waals surface area contributed by atoms with Crippen molar-refractivity contribution in [2.45, 2.75) is 39.7 Å². The van der Waals surface area contributed by atoms with Crippen molar-refractivity contribution >= 4 is 11.7 Å². The van der Waals surface area contributed by atoms with E-state index in [1.165, 1.54) is 5.56 Å². The van der Waals surface area contributed by atoms with E-state index in [1.54, 1.807) is 6.20 Å². The number of amides is 1. The highest BCUT2D eigenvalue weighted by Crippen LogP contribution is 2.32. The summed E-state index contributed by atoms with van der Waals surface area (Å²) in [6, 6.07) is 15.0. The van der Waals surface area contributed by atoms with Gasteiger partial charge in [-0.25, -0.2) is 4.98 Å². The molecule has 0 aliphatic carbocycles. The molecule has 1 aliphatic heterocycles. The first-order valence-electron chi connectivity index (χ1n) is 9.57. The largest absolute Gasteiger partial charge is 0.310 e. The standard InChI is InChI=1S/C22H29N3O/c1-16(2)21(18-7-5-4-6-8-18)25-13-11-19(12-14-25)22(26)24-20-10-9-17(3)15-23-20/h4-10,15-16,19,21H,11-14H2,1-3H3,(H,23,24,26)/t21-/m0/s1. The number of carbonyl (C=O) groups excluding carboxylic acids is 1. The van der Waals surface area contributed by atoms with Crippen LogP contribution in [0.15, 0.2) is 48.7 Å².